The molecule has 0 spiro atoms. The third-order valence-corrected chi connectivity index (χ3v) is 4.44. The molecule has 1 saturated heterocycles. The van der Waals surface area contributed by atoms with Crippen molar-refractivity contribution in [3.05, 3.63) is 72.8 Å². The normalized spacial score (nSPS) is 21.1. The molecule has 0 aliphatic carbocycles. The number of anilines is 1. The number of rotatable bonds is 4. The zero-order valence-corrected chi connectivity index (χ0v) is 13.3. The van der Waals surface area contributed by atoms with Crippen molar-refractivity contribution in [1.82, 2.24) is 0 Å². The van der Waals surface area contributed by atoms with Crippen molar-refractivity contribution in [1.29, 1.82) is 0 Å². The van der Waals surface area contributed by atoms with Crippen molar-refractivity contribution in [2.75, 3.05) is 12.0 Å². The van der Waals surface area contributed by atoms with Gasteiger partial charge in [0.25, 0.3) is 0 Å². The first-order chi connectivity index (χ1) is 11.2. The first-order valence-electron chi connectivity index (χ1n) is 7.88. The van der Waals surface area contributed by atoms with Crippen LogP contribution < -0.4 is 9.64 Å². The fourth-order valence-corrected chi connectivity index (χ4v) is 3.26. The Morgan fingerprint density at radius 3 is 2.43 bits per heavy atom. The molecule has 3 rings (SSSR count). The minimum absolute atomic E-state index is 0.0108. The van der Waals surface area contributed by atoms with Crippen LogP contribution in [0.25, 0.3) is 0 Å². The second-order valence-corrected chi connectivity index (χ2v) is 5.76. The van der Waals surface area contributed by atoms with Crippen LogP contribution >= 0.6 is 0 Å². The van der Waals surface area contributed by atoms with Crippen LogP contribution in [0.1, 0.15) is 24.4 Å². The number of hydrogen-bond donors (Lipinski definition) is 0. The highest BCUT2D eigenvalue weighted by atomic mass is 16.5. The Balaban J connectivity index is 2.04. The number of benzene rings is 2. The van der Waals surface area contributed by atoms with Gasteiger partial charge < -0.3 is 9.64 Å². The molecule has 118 valence electrons. The number of ether oxygens (including phenoxy) is 1. The van der Waals surface area contributed by atoms with E-state index in [1.54, 1.807) is 7.11 Å². The van der Waals surface area contributed by atoms with Crippen LogP contribution in [-0.4, -0.2) is 13.0 Å². The van der Waals surface area contributed by atoms with E-state index in [4.69, 9.17) is 4.74 Å². The van der Waals surface area contributed by atoms with Crippen LogP contribution in [0.5, 0.6) is 5.75 Å². The lowest BCUT2D eigenvalue weighted by Gasteiger charge is -2.40. The molecule has 2 unspecified atom stereocenters. The first-order valence-corrected chi connectivity index (χ1v) is 7.88. The van der Waals surface area contributed by atoms with E-state index in [1.807, 2.05) is 53.4 Å². The fraction of sp³-hybridized carbons (Fsp3) is 0.250. The molecule has 2 aromatic rings. The van der Waals surface area contributed by atoms with Gasteiger partial charge in [-0.15, -0.1) is 6.58 Å². The van der Waals surface area contributed by atoms with Crippen molar-refractivity contribution in [2.45, 2.75) is 18.9 Å². The summed E-state index contributed by atoms with van der Waals surface area (Å²) in [5.41, 5.74) is 2.04. The van der Waals surface area contributed by atoms with E-state index < -0.39 is 0 Å². The van der Waals surface area contributed by atoms with E-state index in [2.05, 4.69) is 18.7 Å². The van der Waals surface area contributed by atoms with Crippen molar-refractivity contribution < 1.29 is 9.53 Å². The molecule has 1 fully saturated rings. The molecule has 2 atom stereocenters. The Kier molecular flexibility index (Phi) is 4.47. The Labute approximate surface area is 137 Å². The van der Waals surface area contributed by atoms with E-state index >= 15 is 0 Å². The van der Waals surface area contributed by atoms with Gasteiger partial charge in [0.15, 0.2) is 0 Å². The van der Waals surface area contributed by atoms with Gasteiger partial charge in [-0.25, -0.2) is 0 Å². The fourth-order valence-electron chi connectivity index (χ4n) is 3.26. The van der Waals surface area contributed by atoms with Crippen LogP contribution in [0.3, 0.4) is 0 Å². The number of amides is 1. The van der Waals surface area contributed by atoms with Crippen LogP contribution in [0.2, 0.25) is 0 Å². The van der Waals surface area contributed by atoms with Gasteiger partial charge >= 0.3 is 0 Å². The summed E-state index contributed by atoms with van der Waals surface area (Å²) < 4.78 is 5.22. The zero-order chi connectivity index (χ0) is 16.2. The maximum Gasteiger partial charge on any atom is 0.227 e. The van der Waals surface area contributed by atoms with Crippen molar-refractivity contribution in [3.8, 4) is 5.75 Å². The molecule has 0 radical (unpaired) electrons. The number of piperidine rings is 1. The van der Waals surface area contributed by atoms with Crippen LogP contribution in [0.15, 0.2) is 67.3 Å². The number of carbonyl (C=O) groups is 1. The van der Waals surface area contributed by atoms with Gasteiger partial charge in [0.05, 0.1) is 13.2 Å². The Morgan fingerprint density at radius 1 is 1.13 bits per heavy atom. The molecular weight excluding hydrogens is 286 g/mol. The van der Waals surface area contributed by atoms with Gasteiger partial charge in [0.2, 0.25) is 5.91 Å². The summed E-state index contributed by atoms with van der Waals surface area (Å²) in [6.07, 6.45) is 3.36. The largest absolute Gasteiger partial charge is 0.497 e. The SMILES string of the molecule is C=CC1CCC(=O)N(c2ccc(OC)cc2)C1c1ccccc1. The predicted octanol–water partition coefficient (Wildman–Crippen LogP) is 4.37. The van der Waals surface area contributed by atoms with Crippen LogP contribution in [0.4, 0.5) is 5.69 Å². The molecule has 1 aliphatic heterocycles. The van der Waals surface area contributed by atoms with E-state index in [0.29, 0.717) is 6.42 Å². The molecular formula is C20H21NO2. The summed E-state index contributed by atoms with van der Waals surface area (Å²) >= 11 is 0. The Morgan fingerprint density at radius 2 is 1.83 bits per heavy atom. The number of hydrogen-bond acceptors (Lipinski definition) is 2. The molecule has 0 bridgehead atoms. The summed E-state index contributed by atoms with van der Waals surface area (Å²) in [6.45, 7) is 3.98. The highest BCUT2D eigenvalue weighted by Crippen LogP contribution is 2.40. The number of carbonyl (C=O) groups excluding carboxylic acids is 1. The Bertz CT molecular complexity index is 679. The summed E-state index contributed by atoms with van der Waals surface area (Å²) in [5, 5.41) is 0. The zero-order valence-electron chi connectivity index (χ0n) is 13.3. The molecule has 0 saturated carbocycles. The van der Waals surface area contributed by atoms with Gasteiger partial charge in [-0.05, 0) is 36.2 Å². The third-order valence-electron chi connectivity index (χ3n) is 4.44. The van der Waals surface area contributed by atoms with E-state index in [0.717, 1.165) is 23.4 Å². The van der Waals surface area contributed by atoms with Crippen molar-refractivity contribution in [3.63, 3.8) is 0 Å². The third kappa shape index (κ3) is 3.00. The average Bonchev–Trinajstić information content (AvgIpc) is 2.62. The average molecular weight is 307 g/mol. The highest BCUT2D eigenvalue weighted by Gasteiger charge is 2.36. The molecule has 3 nitrogen and oxygen atoms in total. The van der Waals surface area contributed by atoms with E-state index in [9.17, 15) is 4.79 Å². The maximum absolute atomic E-state index is 12.7. The smallest absolute Gasteiger partial charge is 0.227 e. The summed E-state index contributed by atoms with van der Waals surface area (Å²) in [5.74, 6) is 1.19. The molecule has 1 amide bonds. The minimum Gasteiger partial charge on any atom is -0.497 e. The molecule has 2 aromatic carbocycles. The molecule has 1 heterocycles. The van der Waals surface area contributed by atoms with E-state index in [-0.39, 0.29) is 17.9 Å². The quantitative estimate of drug-likeness (QED) is 0.785. The standard InChI is InChI=1S/C20H21NO2/c1-3-15-9-14-19(22)21(17-10-12-18(23-2)13-11-17)20(15)16-7-5-4-6-8-16/h3-8,10-13,15,20H,1,9,14H2,2H3. The molecule has 0 aromatic heterocycles. The van der Waals surface area contributed by atoms with Gasteiger partial charge in [0.1, 0.15) is 5.75 Å². The summed E-state index contributed by atoms with van der Waals surface area (Å²) in [6, 6.07) is 17.8. The molecule has 1 aliphatic rings. The van der Waals surface area contributed by atoms with Gasteiger partial charge in [0, 0.05) is 18.0 Å². The second kappa shape index (κ2) is 6.69. The lowest BCUT2D eigenvalue weighted by atomic mass is 9.84. The lowest BCUT2D eigenvalue weighted by molar-refractivity contribution is -0.120. The first kappa shape index (κ1) is 15.3. The molecule has 23 heavy (non-hydrogen) atoms. The maximum atomic E-state index is 12.7. The topological polar surface area (TPSA) is 29.5 Å². The summed E-state index contributed by atoms with van der Waals surface area (Å²) in [7, 11) is 1.64. The van der Waals surface area contributed by atoms with E-state index in [1.165, 1.54) is 0 Å². The van der Waals surface area contributed by atoms with Crippen LogP contribution in [-0.2, 0) is 4.79 Å². The Hall–Kier alpha value is -2.55. The number of nitrogens with zero attached hydrogens (tertiary/aromatic N) is 1. The lowest BCUT2D eigenvalue weighted by Crippen LogP contribution is -2.42. The van der Waals surface area contributed by atoms with Crippen LogP contribution in [0, 0.1) is 5.92 Å². The van der Waals surface area contributed by atoms with Gasteiger partial charge in [-0.1, -0.05) is 36.4 Å². The molecule has 0 N–H and O–H groups in total. The number of methoxy groups -OCH3 is 1. The molecule has 3 heteroatoms. The predicted molar refractivity (Wildman–Crippen MR) is 92.6 cm³/mol. The van der Waals surface area contributed by atoms with Crippen molar-refractivity contribution in [2.24, 2.45) is 5.92 Å². The highest BCUT2D eigenvalue weighted by molar-refractivity contribution is 5.95. The monoisotopic (exact) mass is 307 g/mol. The van der Waals surface area contributed by atoms with Gasteiger partial charge in [-0.3, -0.25) is 4.79 Å². The summed E-state index contributed by atoms with van der Waals surface area (Å²) in [4.78, 5) is 14.6. The second-order valence-electron chi connectivity index (χ2n) is 5.76. The van der Waals surface area contributed by atoms with Crippen molar-refractivity contribution >= 4 is 11.6 Å². The van der Waals surface area contributed by atoms with Gasteiger partial charge in [-0.2, -0.15) is 0 Å². The minimum atomic E-state index is -0.0108.